The van der Waals surface area contributed by atoms with Crippen LogP contribution in [0.5, 0.6) is 0 Å². The Morgan fingerprint density at radius 1 is 0.889 bits per heavy atom. The molecule has 1 unspecified atom stereocenters. The van der Waals surface area contributed by atoms with Crippen molar-refractivity contribution in [2.24, 2.45) is 0 Å². The molecule has 3 rings (SSSR count). The van der Waals surface area contributed by atoms with E-state index in [4.69, 9.17) is 4.74 Å². The van der Waals surface area contributed by atoms with Crippen molar-refractivity contribution in [2.75, 3.05) is 24.7 Å². The highest BCUT2D eigenvalue weighted by molar-refractivity contribution is 5.49. The second kappa shape index (κ2) is 5.23. The van der Waals surface area contributed by atoms with E-state index in [1.807, 2.05) is 0 Å². The van der Waals surface area contributed by atoms with Crippen molar-refractivity contribution in [1.82, 2.24) is 0 Å². The zero-order chi connectivity index (χ0) is 12.2. The molecule has 1 heterocycles. The van der Waals surface area contributed by atoms with Crippen LogP contribution in [0.4, 0.5) is 5.69 Å². The average molecular weight is 239 g/mol. The van der Waals surface area contributed by atoms with Crippen LogP contribution in [0, 0.1) is 0 Å². The highest BCUT2D eigenvalue weighted by atomic mass is 16.5. The molecule has 0 spiro atoms. The second-order valence-electron chi connectivity index (χ2n) is 4.53. The first-order valence-corrected chi connectivity index (χ1v) is 6.39. The number of hydrogen-bond acceptors (Lipinski definition) is 2. The van der Waals surface area contributed by atoms with Gasteiger partial charge in [-0.2, -0.15) is 0 Å². The lowest BCUT2D eigenvalue weighted by atomic mass is 10.0. The van der Waals surface area contributed by atoms with Gasteiger partial charge in [0.2, 0.25) is 0 Å². The molecule has 2 heteroatoms. The summed E-state index contributed by atoms with van der Waals surface area (Å²) < 4.78 is 5.65. The van der Waals surface area contributed by atoms with Crippen molar-refractivity contribution < 1.29 is 4.74 Å². The van der Waals surface area contributed by atoms with Crippen molar-refractivity contribution in [3.8, 4) is 0 Å². The van der Waals surface area contributed by atoms with Gasteiger partial charge in [-0.15, -0.1) is 0 Å². The molecule has 0 bridgehead atoms. The number of ether oxygens (including phenoxy) is 1. The van der Waals surface area contributed by atoms with E-state index in [1.54, 1.807) is 0 Å². The molecule has 2 nitrogen and oxygen atoms in total. The van der Waals surface area contributed by atoms with E-state index in [1.165, 1.54) is 11.3 Å². The molecule has 18 heavy (non-hydrogen) atoms. The zero-order valence-electron chi connectivity index (χ0n) is 10.3. The maximum absolute atomic E-state index is 5.65. The highest BCUT2D eigenvalue weighted by Gasteiger charge is 2.24. The molecule has 2 aromatic rings. The maximum atomic E-state index is 5.65. The van der Waals surface area contributed by atoms with Crippen LogP contribution in [0.1, 0.15) is 11.6 Å². The normalized spacial score (nSPS) is 19.8. The molecule has 0 aromatic heterocycles. The molecule has 92 valence electrons. The molecule has 1 atom stereocenters. The lowest BCUT2D eigenvalue weighted by molar-refractivity contribution is 0.0941. The lowest BCUT2D eigenvalue weighted by Gasteiger charge is -2.37. The number of rotatable bonds is 2. The van der Waals surface area contributed by atoms with Crippen molar-refractivity contribution in [1.29, 1.82) is 0 Å². The predicted molar refractivity (Wildman–Crippen MR) is 73.8 cm³/mol. The maximum Gasteiger partial charge on any atom is 0.0777 e. The van der Waals surface area contributed by atoms with Crippen LogP contribution in [-0.4, -0.2) is 19.8 Å². The number of hydrogen-bond donors (Lipinski definition) is 0. The minimum Gasteiger partial charge on any atom is -0.377 e. The van der Waals surface area contributed by atoms with Gasteiger partial charge in [-0.25, -0.2) is 0 Å². The Balaban J connectivity index is 1.92. The summed E-state index contributed by atoms with van der Waals surface area (Å²) in [5, 5.41) is 0. The second-order valence-corrected chi connectivity index (χ2v) is 4.53. The standard InChI is InChI=1S/C16H17NO/c1-3-7-14(8-4-1)16-13-18-12-11-17(16)15-9-5-2-6-10-15/h1-10,16H,11-13H2. The summed E-state index contributed by atoms with van der Waals surface area (Å²) in [6.45, 7) is 2.51. The molecule has 0 radical (unpaired) electrons. The quantitative estimate of drug-likeness (QED) is 0.797. The summed E-state index contributed by atoms with van der Waals surface area (Å²) in [5.41, 5.74) is 2.59. The summed E-state index contributed by atoms with van der Waals surface area (Å²) in [5.74, 6) is 0. The molecule has 0 aliphatic carbocycles. The molecule has 0 N–H and O–H groups in total. The van der Waals surface area contributed by atoms with Gasteiger partial charge >= 0.3 is 0 Å². The molecule has 0 amide bonds. The monoisotopic (exact) mass is 239 g/mol. The first kappa shape index (κ1) is 11.3. The summed E-state index contributed by atoms with van der Waals surface area (Å²) in [6, 6.07) is 21.5. The van der Waals surface area contributed by atoms with Crippen molar-refractivity contribution in [3.63, 3.8) is 0 Å². The minimum absolute atomic E-state index is 0.322. The lowest BCUT2D eigenvalue weighted by Crippen LogP contribution is -2.39. The SMILES string of the molecule is c1ccc(C2COCCN2c2ccccc2)cc1. The minimum atomic E-state index is 0.322. The van der Waals surface area contributed by atoms with Crippen LogP contribution >= 0.6 is 0 Å². The Labute approximate surface area is 108 Å². The first-order valence-electron chi connectivity index (χ1n) is 6.39. The summed E-state index contributed by atoms with van der Waals surface area (Å²) in [7, 11) is 0. The van der Waals surface area contributed by atoms with Gasteiger partial charge in [0.1, 0.15) is 0 Å². The fourth-order valence-electron chi connectivity index (χ4n) is 2.48. The molecule has 1 aliphatic rings. The Morgan fingerprint density at radius 2 is 1.56 bits per heavy atom. The van der Waals surface area contributed by atoms with Crippen LogP contribution in [-0.2, 0) is 4.74 Å². The van der Waals surface area contributed by atoms with Gasteiger partial charge in [0, 0.05) is 12.2 Å². The fraction of sp³-hybridized carbons (Fsp3) is 0.250. The van der Waals surface area contributed by atoms with Crippen LogP contribution < -0.4 is 4.90 Å². The fourth-order valence-corrected chi connectivity index (χ4v) is 2.48. The van der Waals surface area contributed by atoms with E-state index in [0.29, 0.717) is 6.04 Å². The summed E-state index contributed by atoms with van der Waals surface area (Å²) >= 11 is 0. The largest absolute Gasteiger partial charge is 0.377 e. The molecule has 2 aromatic carbocycles. The van der Waals surface area contributed by atoms with Crippen molar-refractivity contribution in [3.05, 3.63) is 66.2 Å². The van der Waals surface area contributed by atoms with Crippen LogP contribution in [0.2, 0.25) is 0 Å². The molecular formula is C16H17NO. The van der Waals surface area contributed by atoms with Gasteiger partial charge < -0.3 is 9.64 Å². The smallest absolute Gasteiger partial charge is 0.0777 e. The molecule has 1 aliphatic heterocycles. The van der Waals surface area contributed by atoms with E-state index in [-0.39, 0.29) is 0 Å². The van der Waals surface area contributed by atoms with Gasteiger partial charge in [-0.1, -0.05) is 48.5 Å². The number of benzene rings is 2. The molecule has 1 saturated heterocycles. The van der Waals surface area contributed by atoms with E-state index >= 15 is 0 Å². The van der Waals surface area contributed by atoms with E-state index in [9.17, 15) is 0 Å². The van der Waals surface area contributed by atoms with Crippen molar-refractivity contribution >= 4 is 5.69 Å². The topological polar surface area (TPSA) is 12.5 Å². The van der Waals surface area contributed by atoms with Gasteiger partial charge in [-0.05, 0) is 17.7 Å². The third-order valence-corrected chi connectivity index (χ3v) is 3.40. The van der Waals surface area contributed by atoms with E-state index < -0.39 is 0 Å². The van der Waals surface area contributed by atoms with E-state index in [0.717, 1.165) is 19.8 Å². The van der Waals surface area contributed by atoms with Gasteiger partial charge in [0.05, 0.1) is 19.3 Å². The molecule has 1 fully saturated rings. The van der Waals surface area contributed by atoms with Crippen LogP contribution in [0.25, 0.3) is 0 Å². The van der Waals surface area contributed by atoms with Crippen LogP contribution in [0.3, 0.4) is 0 Å². The summed E-state index contributed by atoms with van der Waals surface area (Å²) in [4.78, 5) is 2.43. The number of anilines is 1. The predicted octanol–water partition coefficient (Wildman–Crippen LogP) is 3.26. The first-order chi connectivity index (χ1) is 8.95. The third-order valence-electron chi connectivity index (χ3n) is 3.40. The zero-order valence-corrected chi connectivity index (χ0v) is 10.3. The molecule has 0 saturated carbocycles. The Morgan fingerprint density at radius 3 is 2.28 bits per heavy atom. The van der Waals surface area contributed by atoms with Gasteiger partial charge in [0.15, 0.2) is 0 Å². The molecular weight excluding hydrogens is 222 g/mol. The number of morpholine rings is 1. The van der Waals surface area contributed by atoms with Crippen molar-refractivity contribution in [2.45, 2.75) is 6.04 Å². The summed E-state index contributed by atoms with van der Waals surface area (Å²) in [6.07, 6.45) is 0. The third kappa shape index (κ3) is 2.24. The Kier molecular flexibility index (Phi) is 3.29. The Hall–Kier alpha value is -1.80. The van der Waals surface area contributed by atoms with Gasteiger partial charge in [0.25, 0.3) is 0 Å². The number of nitrogens with zero attached hydrogens (tertiary/aromatic N) is 1. The number of para-hydroxylation sites is 1. The van der Waals surface area contributed by atoms with Gasteiger partial charge in [-0.3, -0.25) is 0 Å². The highest BCUT2D eigenvalue weighted by Crippen LogP contribution is 2.29. The van der Waals surface area contributed by atoms with E-state index in [2.05, 4.69) is 65.6 Å². The van der Waals surface area contributed by atoms with Crippen LogP contribution in [0.15, 0.2) is 60.7 Å². The average Bonchev–Trinajstić information content (AvgIpc) is 2.49. The Bertz CT molecular complexity index is 435.